The molecule has 0 radical (unpaired) electrons. The monoisotopic (exact) mass is 343 g/mol. The molecule has 0 bridgehead atoms. The highest BCUT2D eigenvalue weighted by Gasteiger charge is 2.23. The summed E-state index contributed by atoms with van der Waals surface area (Å²) in [7, 11) is 0. The standard InChI is InChI=1S/C9H8F2INO3/c1-2-16-9(15)6-4(14)3-5(12)13-7(6)8(10)11/h3,8H,2H2,1H3,(H,13,14). The van der Waals surface area contributed by atoms with Crippen LogP contribution in [0.15, 0.2) is 10.9 Å². The molecule has 0 aliphatic heterocycles. The molecule has 88 valence electrons. The van der Waals surface area contributed by atoms with E-state index in [0.29, 0.717) is 0 Å². The normalized spacial score (nSPS) is 10.6. The molecule has 0 aliphatic carbocycles. The number of halogens is 3. The zero-order chi connectivity index (χ0) is 12.3. The molecule has 0 fully saturated rings. The molecule has 0 atom stereocenters. The quantitative estimate of drug-likeness (QED) is 0.520. The summed E-state index contributed by atoms with van der Waals surface area (Å²) in [4.78, 5) is 25.0. The van der Waals surface area contributed by atoms with Crippen LogP contribution in [-0.2, 0) is 4.74 Å². The molecule has 0 unspecified atom stereocenters. The second-order valence-electron chi connectivity index (χ2n) is 2.79. The van der Waals surface area contributed by atoms with Gasteiger partial charge in [-0.3, -0.25) is 4.79 Å². The highest BCUT2D eigenvalue weighted by Crippen LogP contribution is 2.20. The van der Waals surface area contributed by atoms with E-state index in [1.807, 2.05) is 0 Å². The molecule has 0 amide bonds. The molecule has 0 saturated heterocycles. The number of rotatable bonds is 3. The Balaban J connectivity index is 3.35. The number of aromatic nitrogens is 1. The van der Waals surface area contributed by atoms with Gasteiger partial charge in [-0.2, -0.15) is 0 Å². The fourth-order valence-electron chi connectivity index (χ4n) is 1.12. The highest BCUT2D eigenvalue weighted by atomic mass is 127. The molecular formula is C9H8F2INO3. The van der Waals surface area contributed by atoms with E-state index in [4.69, 9.17) is 0 Å². The summed E-state index contributed by atoms with van der Waals surface area (Å²) < 4.78 is 30.0. The van der Waals surface area contributed by atoms with E-state index in [1.54, 1.807) is 22.6 Å². The zero-order valence-electron chi connectivity index (χ0n) is 8.22. The Bertz CT molecular complexity index is 459. The predicted molar refractivity (Wildman–Crippen MR) is 60.7 cm³/mol. The lowest BCUT2D eigenvalue weighted by Gasteiger charge is -2.07. The molecule has 1 aromatic rings. The number of esters is 1. The maximum atomic E-state index is 12.6. The molecule has 1 heterocycles. The lowest BCUT2D eigenvalue weighted by Crippen LogP contribution is -2.22. The zero-order valence-corrected chi connectivity index (χ0v) is 10.4. The number of ether oxygens (including phenoxy) is 1. The van der Waals surface area contributed by atoms with Crippen molar-refractivity contribution in [1.82, 2.24) is 4.98 Å². The van der Waals surface area contributed by atoms with Crippen LogP contribution >= 0.6 is 22.6 Å². The van der Waals surface area contributed by atoms with Crippen molar-refractivity contribution in [2.75, 3.05) is 6.61 Å². The molecule has 4 nitrogen and oxygen atoms in total. The highest BCUT2D eigenvalue weighted by molar-refractivity contribution is 14.1. The average Bonchev–Trinajstić information content (AvgIpc) is 2.16. The van der Waals surface area contributed by atoms with E-state index in [-0.39, 0.29) is 10.3 Å². The van der Waals surface area contributed by atoms with Crippen molar-refractivity contribution < 1.29 is 18.3 Å². The van der Waals surface area contributed by atoms with Gasteiger partial charge < -0.3 is 9.72 Å². The molecule has 1 aromatic heterocycles. The van der Waals surface area contributed by atoms with Crippen LogP contribution in [0.1, 0.15) is 29.4 Å². The summed E-state index contributed by atoms with van der Waals surface area (Å²) in [6.07, 6.45) is -2.93. The van der Waals surface area contributed by atoms with Crippen LogP contribution in [0.25, 0.3) is 0 Å². The fraction of sp³-hybridized carbons (Fsp3) is 0.333. The van der Waals surface area contributed by atoms with Gasteiger partial charge in [-0.15, -0.1) is 0 Å². The van der Waals surface area contributed by atoms with Crippen molar-refractivity contribution >= 4 is 28.6 Å². The Hall–Kier alpha value is -0.990. The number of hydrogen-bond donors (Lipinski definition) is 1. The van der Waals surface area contributed by atoms with Crippen LogP contribution < -0.4 is 5.43 Å². The predicted octanol–water partition coefficient (Wildman–Crippen LogP) is 2.09. The van der Waals surface area contributed by atoms with Gasteiger partial charge in [0.2, 0.25) is 0 Å². The molecule has 0 aliphatic rings. The third-order valence-electron chi connectivity index (χ3n) is 1.73. The second-order valence-corrected chi connectivity index (χ2v) is 3.95. The van der Waals surface area contributed by atoms with E-state index < -0.39 is 29.1 Å². The van der Waals surface area contributed by atoms with Gasteiger partial charge in [0.1, 0.15) is 11.3 Å². The number of carbonyl (C=O) groups is 1. The summed E-state index contributed by atoms with van der Waals surface area (Å²) in [5.41, 5.74) is -2.09. The summed E-state index contributed by atoms with van der Waals surface area (Å²) in [6, 6.07) is 1.07. The van der Waals surface area contributed by atoms with Crippen LogP contribution in [-0.4, -0.2) is 17.6 Å². The number of pyridine rings is 1. The number of H-pyrrole nitrogens is 1. The first kappa shape index (κ1) is 13.1. The number of carbonyl (C=O) groups excluding carboxylic acids is 1. The van der Waals surface area contributed by atoms with Crippen molar-refractivity contribution in [3.63, 3.8) is 0 Å². The van der Waals surface area contributed by atoms with Crippen molar-refractivity contribution in [2.45, 2.75) is 13.3 Å². The van der Waals surface area contributed by atoms with Gasteiger partial charge in [-0.1, -0.05) is 0 Å². The van der Waals surface area contributed by atoms with E-state index in [1.165, 1.54) is 6.92 Å². The van der Waals surface area contributed by atoms with Gasteiger partial charge in [0, 0.05) is 6.07 Å². The average molecular weight is 343 g/mol. The van der Waals surface area contributed by atoms with Crippen molar-refractivity contribution in [2.24, 2.45) is 0 Å². The summed E-state index contributed by atoms with van der Waals surface area (Å²) in [5.74, 6) is -1.03. The van der Waals surface area contributed by atoms with Crippen LogP contribution in [0.3, 0.4) is 0 Å². The largest absolute Gasteiger partial charge is 0.462 e. The van der Waals surface area contributed by atoms with Gasteiger partial charge in [0.05, 0.1) is 10.3 Å². The maximum absolute atomic E-state index is 12.6. The lowest BCUT2D eigenvalue weighted by molar-refractivity contribution is 0.0511. The first-order chi connectivity index (χ1) is 7.47. The van der Waals surface area contributed by atoms with Gasteiger partial charge in [-0.05, 0) is 29.5 Å². The second kappa shape index (κ2) is 5.37. The molecule has 0 saturated carbocycles. The molecule has 0 spiro atoms. The van der Waals surface area contributed by atoms with Crippen molar-refractivity contribution in [3.05, 3.63) is 31.2 Å². The smallest absolute Gasteiger partial charge is 0.344 e. The van der Waals surface area contributed by atoms with Gasteiger partial charge >= 0.3 is 5.97 Å². The van der Waals surface area contributed by atoms with E-state index in [2.05, 4.69) is 9.72 Å². The Morgan fingerprint density at radius 3 is 2.75 bits per heavy atom. The molecular weight excluding hydrogens is 335 g/mol. The Labute approximate surface area is 103 Å². The lowest BCUT2D eigenvalue weighted by atomic mass is 10.2. The number of hydrogen-bond acceptors (Lipinski definition) is 3. The molecule has 7 heteroatoms. The topological polar surface area (TPSA) is 59.2 Å². The Kier molecular flexibility index (Phi) is 4.39. The first-order valence-electron chi connectivity index (χ1n) is 4.35. The maximum Gasteiger partial charge on any atom is 0.344 e. The SMILES string of the molecule is CCOC(=O)c1c(C(F)F)[nH]c(I)cc1=O. The molecule has 1 N–H and O–H groups in total. The van der Waals surface area contributed by atoms with Gasteiger partial charge in [0.25, 0.3) is 6.43 Å². The van der Waals surface area contributed by atoms with E-state index >= 15 is 0 Å². The van der Waals surface area contributed by atoms with E-state index in [9.17, 15) is 18.4 Å². The minimum absolute atomic E-state index is 0.0208. The van der Waals surface area contributed by atoms with Crippen molar-refractivity contribution in [1.29, 1.82) is 0 Å². The van der Waals surface area contributed by atoms with Gasteiger partial charge in [0.15, 0.2) is 5.43 Å². The first-order valence-corrected chi connectivity index (χ1v) is 5.43. The molecule has 16 heavy (non-hydrogen) atoms. The minimum Gasteiger partial charge on any atom is -0.462 e. The summed E-state index contributed by atoms with van der Waals surface area (Å²) in [6.45, 7) is 1.55. The molecule has 1 rings (SSSR count). The summed E-state index contributed by atoms with van der Waals surface area (Å²) >= 11 is 1.68. The molecule has 0 aromatic carbocycles. The number of aromatic amines is 1. The van der Waals surface area contributed by atoms with Gasteiger partial charge in [-0.25, -0.2) is 13.6 Å². The number of alkyl halides is 2. The van der Waals surface area contributed by atoms with Crippen LogP contribution in [0, 0.1) is 3.70 Å². The third-order valence-corrected chi connectivity index (χ3v) is 2.31. The third kappa shape index (κ3) is 2.77. The van der Waals surface area contributed by atoms with Crippen molar-refractivity contribution in [3.8, 4) is 0 Å². The van der Waals surface area contributed by atoms with E-state index in [0.717, 1.165) is 6.07 Å². The van der Waals surface area contributed by atoms with Crippen LogP contribution in [0.5, 0.6) is 0 Å². The Morgan fingerprint density at radius 1 is 1.62 bits per heavy atom. The summed E-state index contributed by atoms with van der Waals surface area (Å²) in [5, 5.41) is 0. The van der Waals surface area contributed by atoms with Crippen LogP contribution in [0.2, 0.25) is 0 Å². The Morgan fingerprint density at radius 2 is 2.25 bits per heavy atom. The van der Waals surface area contributed by atoms with Crippen LogP contribution in [0.4, 0.5) is 8.78 Å². The number of nitrogens with one attached hydrogen (secondary N) is 1. The fourth-order valence-corrected chi connectivity index (χ4v) is 1.70. The minimum atomic E-state index is -2.93.